The van der Waals surface area contributed by atoms with E-state index in [-0.39, 0.29) is 0 Å². The molecule has 2 heterocycles. The average molecular weight is 773 g/mol. The molecule has 0 saturated heterocycles. The predicted molar refractivity (Wildman–Crippen MR) is 245 cm³/mol. The number of anilines is 6. The Labute approximate surface area is 347 Å². The van der Waals surface area contributed by atoms with Crippen LogP contribution in [0, 0.1) is 0 Å². The fraction of sp³-hybridized carbons (Fsp3) is 0.0182. The minimum absolute atomic E-state index is 0.436. The number of hydrogen-bond acceptors (Lipinski definition) is 4. The van der Waals surface area contributed by atoms with Crippen LogP contribution in [0.2, 0.25) is 0 Å². The summed E-state index contributed by atoms with van der Waals surface area (Å²) in [6.07, 6.45) is 0. The van der Waals surface area contributed by atoms with Gasteiger partial charge in [-0.05, 0) is 118 Å². The zero-order valence-electron chi connectivity index (χ0n) is 32.0. The first kappa shape index (κ1) is 33.8. The van der Waals surface area contributed by atoms with Crippen LogP contribution in [-0.4, -0.2) is 0 Å². The summed E-state index contributed by atoms with van der Waals surface area (Å²) >= 11 is 1.87. The first-order chi connectivity index (χ1) is 29.3. The Bertz CT molecular complexity index is 3140. The second-order valence-electron chi connectivity index (χ2n) is 15.3. The van der Waals surface area contributed by atoms with Gasteiger partial charge in [0.05, 0.1) is 5.41 Å². The highest BCUT2D eigenvalue weighted by Crippen LogP contribution is 2.62. The molecule has 4 heteroatoms. The highest BCUT2D eigenvalue weighted by atomic mass is 32.2. The molecule has 1 aliphatic carbocycles. The highest BCUT2D eigenvalue weighted by molar-refractivity contribution is 7.99. The second kappa shape index (κ2) is 13.4. The maximum absolute atomic E-state index is 6.34. The van der Waals surface area contributed by atoms with E-state index in [4.69, 9.17) is 4.42 Å². The van der Waals surface area contributed by atoms with E-state index in [0.717, 1.165) is 56.1 Å². The van der Waals surface area contributed by atoms with Gasteiger partial charge in [-0.1, -0.05) is 145 Å². The Balaban J connectivity index is 1.09. The van der Waals surface area contributed by atoms with E-state index >= 15 is 0 Å². The van der Waals surface area contributed by atoms with Crippen molar-refractivity contribution in [1.82, 2.24) is 0 Å². The summed E-state index contributed by atoms with van der Waals surface area (Å²) in [4.78, 5) is 7.26. The molecule has 1 spiro atoms. The SMILES string of the molecule is c1ccc(N(c2ccccc2)c2cccc(N(c3ccc4c(c3)Sc3ccccc3C43c4ccccc4-c4ccccc43)c3ccc4oc5ccccc5c4c3)c2)cc1. The van der Waals surface area contributed by atoms with Gasteiger partial charge in [0.2, 0.25) is 0 Å². The lowest BCUT2D eigenvalue weighted by Crippen LogP contribution is -2.32. The van der Waals surface area contributed by atoms with Gasteiger partial charge in [-0.25, -0.2) is 0 Å². The van der Waals surface area contributed by atoms with Crippen LogP contribution < -0.4 is 9.80 Å². The van der Waals surface area contributed by atoms with Gasteiger partial charge in [-0.3, -0.25) is 0 Å². The van der Waals surface area contributed by atoms with Crippen molar-refractivity contribution in [2.24, 2.45) is 0 Å². The topological polar surface area (TPSA) is 19.6 Å². The molecule has 0 unspecified atom stereocenters. The molecular weight excluding hydrogens is 737 g/mol. The van der Waals surface area contributed by atoms with Gasteiger partial charge in [0.25, 0.3) is 0 Å². The molecule has 0 radical (unpaired) electrons. The van der Waals surface area contributed by atoms with E-state index in [1.54, 1.807) is 0 Å². The normalized spacial score (nSPS) is 13.2. The van der Waals surface area contributed by atoms with Gasteiger partial charge in [-0.15, -0.1) is 0 Å². The van der Waals surface area contributed by atoms with Crippen LogP contribution in [0.4, 0.5) is 34.1 Å². The maximum atomic E-state index is 6.34. The number of hydrogen-bond donors (Lipinski definition) is 0. The Hall–Kier alpha value is -7.27. The van der Waals surface area contributed by atoms with Gasteiger partial charge in [0, 0.05) is 54.7 Å². The summed E-state index contributed by atoms with van der Waals surface area (Å²) in [5, 5.41) is 2.20. The van der Waals surface area contributed by atoms with Crippen LogP contribution >= 0.6 is 11.8 Å². The summed E-state index contributed by atoms with van der Waals surface area (Å²) in [5.74, 6) is 0. The van der Waals surface area contributed by atoms with Crippen molar-refractivity contribution in [3.8, 4) is 11.1 Å². The molecule has 9 aromatic carbocycles. The molecule has 12 rings (SSSR count). The van der Waals surface area contributed by atoms with Gasteiger partial charge in [0.1, 0.15) is 11.2 Å². The molecular formula is C55H36N2OS. The Morgan fingerprint density at radius 3 is 1.53 bits per heavy atom. The monoisotopic (exact) mass is 772 g/mol. The summed E-state index contributed by atoms with van der Waals surface area (Å²) < 4.78 is 6.34. The fourth-order valence-corrected chi connectivity index (χ4v) is 10.9. The summed E-state index contributed by atoms with van der Waals surface area (Å²) in [6, 6.07) is 79.2. The largest absolute Gasteiger partial charge is 0.456 e. The van der Waals surface area contributed by atoms with E-state index in [9.17, 15) is 0 Å². The third-order valence-corrected chi connectivity index (χ3v) is 13.2. The minimum atomic E-state index is -0.436. The molecule has 0 atom stereocenters. The number of nitrogens with zero attached hydrogens (tertiary/aromatic N) is 2. The Kier molecular flexibility index (Phi) is 7.69. The van der Waals surface area contributed by atoms with Crippen LogP contribution in [0.1, 0.15) is 22.3 Å². The van der Waals surface area contributed by atoms with Crippen LogP contribution in [0.25, 0.3) is 33.1 Å². The third kappa shape index (κ3) is 5.16. The third-order valence-electron chi connectivity index (χ3n) is 12.1. The standard InChI is InChI=1S/C55H36N2OS/c1-3-16-37(17-4-1)56(38-18-5-2-6-19-38)39-20-15-21-40(34-39)57(41-31-33-52-46(35-41)45-24-9-13-28-51(45)58-52)42-30-32-50-54(36-42)59-53-29-14-12-27-49(53)55(50)47-25-10-7-22-43(47)44-23-8-11-26-48(44)55/h1-36H. The number of benzene rings is 9. The second-order valence-corrected chi connectivity index (χ2v) is 16.3. The molecule has 10 aromatic rings. The minimum Gasteiger partial charge on any atom is -0.456 e. The van der Waals surface area contributed by atoms with Crippen LogP contribution in [0.3, 0.4) is 0 Å². The lowest BCUT2D eigenvalue weighted by molar-refractivity contribution is 0.669. The van der Waals surface area contributed by atoms with Crippen molar-refractivity contribution in [3.63, 3.8) is 0 Å². The highest BCUT2D eigenvalue weighted by Gasteiger charge is 2.50. The van der Waals surface area contributed by atoms with Gasteiger partial charge in [0.15, 0.2) is 0 Å². The van der Waals surface area contributed by atoms with Crippen LogP contribution in [-0.2, 0) is 5.41 Å². The molecule has 2 aliphatic rings. The predicted octanol–water partition coefficient (Wildman–Crippen LogP) is 15.4. The number of furan rings is 1. The first-order valence-corrected chi connectivity index (χ1v) is 20.9. The lowest BCUT2D eigenvalue weighted by Gasteiger charge is -2.40. The number of rotatable bonds is 6. The quantitative estimate of drug-likeness (QED) is 0.168. The van der Waals surface area contributed by atoms with Crippen molar-refractivity contribution in [2.75, 3.05) is 9.80 Å². The van der Waals surface area contributed by atoms with Crippen molar-refractivity contribution in [1.29, 1.82) is 0 Å². The van der Waals surface area contributed by atoms with Crippen molar-refractivity contribution >= 4 is 67.8 Å². The summed E-state index contributed by atoms with van der Waals surface area (Å²) in [7, 11) is 0. The van der Waals surface area contributed by atoms with E-state index in [1.807, 2.05) is 23.9 Å². The van der Waals surface area contributed by atoms with E-state index in [0.29, 0.717) is 0 Å². The van der Waals surface area contributed by atoms with Crippen molar-refractivity contribution in [2.45, 2.75) is 15.2 Å². The molecule has 0 fully saturated rings. The lowest BCUT2D eigenvalue weighted by atomic mass is 9.67. The molecule has 278 valence electrons. The molecule has 1 aromatic heterocycles. The van der Waals surface area contributed by atoms with Gasteiger partial charge in [-0.2, -0.15) is 0 Å². The number of para-hydroxylation sites is 3. The molecule has 3 nitrogen and oxygen atoms in total. The van der Waals surface area contributed by atoms with Crippen LogP contribution in [0.15, 0.2) is 233 Å². The van der Waals surface area contributed by atoms with Gasteiger partial charge >= 0.3 is 0 Å². The molecule has 0 N–H and O–H groups in total. The van der Waals surface area contributed by atoms with E-state index in [2.05, 4.69) is 216 Å². The average Bonchev–Trinajstić information content (AvgIpc) is 3.81. The van der Waals surface area contributed by atoms with Crippen LogP contribution in [0.5, 0.6) is 0 Å². The Morgan fingerprint density at radius 2 is 0.814 bits per heavy atom. The molecule has 59 heavy (non-hydrogen) atoms. The molecule has 0 saturated carbocycles. The summed E-state index contributed by atoms with van der Waals surface area (Å²) in [5.41, 5.74) is 15.7. The zero-order valence-corrected chi connectivity index (χ0v) is 32.8. The molecule has 0 amide bonds. The zero-order chi connectivity index (χ0) is 38.9. The Morgan fingerprint density at radius 1 is 0.322 bits per heavy atom. The van der Waals surface area contributed by atoms with Crippen molar-refractivity contribution < 1.29 is 4.42 Å². The molecule has 0 bridgehead atoms. The van der Waals surface area contributed by atoms with Gasteiger partial charge < -0.3 is 14.2 Å². The fourth-order valence-electron chi connectivity index (χ4n) is 9.66. The maximum Gasteiger partial charge on any atom is 0.135 e. The summed E-state index contributed by atoms with van der Waals surface area (Å²) in [6.45, 7) is 0. The van der Waals surface area contributed by atoms with E-state index < -0.39 is 5.41 Å². The molecule has 1 aliphatic heterocycles. The number of fused-ring (bicyclic) bond motifs is 12. The van der Waals surface area contributed by atoms with Crippen molar-refractivity contribution in [3.05, 3.63) is 241 Å². The first-order valence-electron chi connectivity index (χ1n) is 20.1. The van der Waals surface area contributed by atoms with E-state index in [1.165, 1.54) is 43.2 Å². The smallest absolute Gasteiger partial charge is 0.135 e.